The number of likely N-dealkylation sites (tertiary alicyclic amines) is 1. The van der Waals surface area contributed by atoms with Crippen molar-refractivity contribution in [3.05, 3.63) is 0 Å². The minimum absolute atomic E-state index is 0.140. The summed E-state index contributed by atoms with van der Waals surface area (Å²) >= 11 is 0. The van der Waals surface area contributed by atoms with Crippen molar-refractivity contribution in [1.82, 2.24) is 10.3 Å². The average molecular weight is 241 g/mol. The summed E-state index contributed by atoms with van der Waals surface area (Å²) in [5.41, 5.74) is 1.51. The van der Waals surface area contributed by atoms with Crippen molar-refractivity contribution in [3.8, 4) is 0 Å². The molecule has 0 radical (unpaired) electrons. The summed E-state index contributed by atoms with van der Waals surface area (Å²) < 4.78 is 0. The van der Waals surface area contributed by atoms with Crippen LogP contribution in [-0.2, 0) is 9.59 Å². The number of nitrogens with two attached hydrogens (primary N) is 1. The smallest absolute Gasteiger partial charge is 0.241 e. The summed E-state index contributed by atoms with van der Waals surface area (Å²) in [6, 6.07) is 0. The molecule has 0 aromatic heterocycles. The second-order valence-corrected chi connectivity index (χ2v) is 5.84. The van der Waals surface area contributed by atoms with Gasteiger partial charge in [0.15, 0.2) is 0 Å². The molecule has 98 valence electrons. The molecular weight excluding hydrogens is 218 g/mol. The topological polar surface area (TPSA) is 75.4 Å². The Morgan fingerprint density at radius 2 is 2.18 bits per heavy atom. The van der Waals surface area contributed by atoms with E-state index >= 15 is 0 Å². The van der Waals surface area contributed by atoms with Gasteiger partial charge in [0.05, 0.1) is 5.41 Å². The molecule has 0 saturated carbocycles. The van der Waals surface area contributed by atoms with E-state index in [9.17, 15) is 9.59 Å². The number of hydrogen-bond acceptors (Lipinski definition) is 3. The van der Waals surface area contributed by atoms with Gasteiger partial charge in [0.25, 0.3) is 0 Å². The van der Waals surface area contributed by atoms with Gasteiger partial charge < -0.3 is 4.90 Å². The van der Waals surface area contributed by atoms with Gasteiger partial charge in [0.2, 0.25) is 11.8 Å². The Morgan fingerprint density at radius 3 is 2.59 bits per heavy atom. The molecule has 0 spiro atoms. The lowest BCUT2D eigenvalue weighted by molar-refractivity contribution is -0.134. The average Bonchev–Trinajstić information content (AvgIpc) is 2.58. The summed E-state index contributed by atoms with van der Waals surface area (Å²) in [6.45, 7) is 9.02. The molecule has 1 aliphatic heterocycles. The van der Waals surface area contributed by atoms with Gasteiger partial charge in [-0.2, -0.15) is 0 Å². The largest absolute Gasteiger partial charge is 0.341 e. The minimum Gasteiger partial charge on any atom is -0.341 e. The number of nitrogens with zero attached hydrogens (tertiary/aromatic N) is 1. The van der Waals surface area contributed by atoms with Crippen molar-refractivity contribution in [2.24, 2.45) is 23.1 Å². The lowest BCUT2D eigenvalue weighted by Gasteiger charge is -2.28. The summed E-state index contributed by atoms with van der Waals surface area (Å²) in [7, 11) is 0. The molecule has 0 aromatic carbocycles. The van der Waals surface area contributed by atoms with Gasteiger partial charge >= 0.3 is 0 Å². The van der Waals surface area contributed by atoms with Crippen LogP contribution in [-0.4, -0.2) is 29.8 Å². The molecule has 1 rings (SSSR count). The number of rotatable bonds is 4. The molecule has 1 saturated heterocycles. The third kappa shape index (κ3) is 3.19. The molecule has 0 aliphatic carbocycles. The maximum atomic E-state index is 11.8. The highest BCUT2D eigenvalue weighted by Crippen LogP contribution is 2.28. The normalized spacial score (nSPS) is 21.2. The first kappa shape index (κ1) is 14.0. The SMILES string of the molecule is CC(C)C1CC(=O)N(CC(C)(C)C(=O)NN)C1. The van der Waals surface area contributed by atoms with Crippen molar-refractivity contribution in [3.63, 3.8) is 0 Å². The van der Waals surface area contributed by atoms with Gasteiger partial charge in [0.1, 0.15) is 0 Å². The standard InChI is InChI=1S/C12H23N3O2/c1-8(2)9-5-10(16)15(6-9)7-12(3,4)11(17)14-13/h8-9H,5-7,13H2,1-4H3,(H,14,17). The Morgan fingerprint density at radius 1 is 1.59 bits per heavy atom. The molecule has 3 N–H and O–H groups in total. The van der Waals surface area contributed by atoms with E-state index in [1.165, 1.54) is 0 Å². The number of nitrogens with one attached hydrogen (secondary N) is 1. The van der Waals surface area contributed by atoms with Crippen LogP contribution in [0.3, 0.4) is 0 Å². The molecular formula is C12H23N3O2. The first-order valence-corrected chi connectivity index (χ1v) is 6.06. The Hall–Kier alpha value is -1.10. The third-order valence-electron chi connectivity index (χ3n) is 3.52. The quantitative estimate of drug-likeness (QED) is 0.428. The second kappa shape index (κ2) is 5.04. The van der Waals surface area contributed by atoms with Crippen LogP contribution in [0.5, 0.6) is 0 Å². The van der Waals surface area contributed by atoms with Gasteiger partial charge in [-0.15, -0.1) is 0 Å². The van der Waals surface area contributed by atoms with Gasteiger partial charge in [-0.05, 0) is 25.7 Å². The van der Waals surface area contributed by atoms with E-state index in [-0.39, 0.29) is 11.8 Å². The maximum Gasteiger partial charge on any atom is 0.241 e. The van der Waals surface area contributed by atoms with E-state index in [4.69, 9.17) is 5.84 Å². The van der Waals surface area contributed by atoms with E-state index in [1.807, 2.05) is 0 Å². The summed E-state index contributed by atoms with van der Waals surface area (Å²) in [5, 5.41) is 0. The van der Waals surface area contributed by atoms with Gasteiger partial charge in [-0.3, -0.25) is 15.0 Å². The first-order chi connectivity index (χ1) is 7.77. The van der Waals surface area contributed by atoms with Crippen LogP contribution in [0.4, 0.5) is 0 Å². The zero-order valence-corrected chi connectivity index (χ0v) is 11.1. The third-order valence-corrected chi connectivity index (χ3v) is 3.52. The Bertz CT molecular complexity index is 313. The molecule has 1 heterocycles. The molecule has 1 aliphatic rings. The van der Waals surface area contributed by atoms with Crippen LogP contribution >= 0.6 is 0 Å². The predicted octanol–water partition coefficient (Wildman–Crippen LogP) is 0.507. The van der Waals surface area contributed by atoms with E-state index in [0.717, 1.165) is 6.54 Å². The Balaban J connectivity index is 2.64. The number of carbonyl (C=O) groups is 2. The maximum absolute atomic E-state index is 11.8. The zero-order valence-electron chi connectivity index (χ0n) is 11.1. The van der Waals surface area contributed by atoms with Gasteiger partial charge in [-0.25, -0.2) is 5.84 Å². The highest BCUT2D eigenvalue weighted by molar-refractivity contribution is 5.83. The molecule has 17 heavy (non-hydrogen) atoms. The van der Waals surface area contributed by atoms with Crippen molar-refractivity contribution in [1.29, 1.82) is 0 Å². The van der Waals surface area contributed by atoms with Crippen LogP contribution < -0.4 is 11.3 Å². The second-order valence-electron chi connectivity index (χ2n) is 5.84. The lowest BCUT2D eigenvalue weighted by atomic mass is 9.91. The number of hydrazine groups is 1. The molecule has 5 nitrogen and oxygen atoms in total. The summed E-state index contributed by atoms with van der Waals surface area (Å²) in [5.74, 6) is 5.94. The molecule has 1 atom stereocenters. The van der Waals surface area contributed by atoms with Crippen molar-refractivity contribution in [2.75, 3.05) is 13.1 Å². The molecule has 2 amide bonds. The lowest BCUT2D eigenvalue weighted by Crippen LogP contribution is -2.47. The molecule has 1 unspecified atom stereocenters. The van der Waals surface area contributed by atoms with E-state index in [2.05, 4.69) is 19.3 Å². The van der Waals surface area contributed by atoms with Crippen molar-refractivity contribution < 1.29 is 9.59 Å². The van der Waals surface area contributed by atoms with Gasteiger partial charge in [0, 0.05) is 19.5 Å². The number of amides is 2. The number of carbonyl (C=O) groups excluding carboxylic acids is 2. The van der Waals surface area contributed by atoms with Crippen LogP contribution in [0.15, 0.2) is 0 Å². The monoisotopic (exact) mass is 241 g/mol. The Kier molecular flexibility index (Phi) is 4.14. The van der Waals surface area contributed by atoms with E-state index in [0.29, 0.717) is 24.8 Å². The van der Waals surface area contributed by atoms with Crippen LogP contribution in [0, 0.1) is 17.3 Å². The fraction of sp³-hybridized carbons (Fsp3) is 0.833. The van der Waals surface area contributed by atoms with Crippen LogP contribution in [0.25, 0.3) is 0 Å². The molecule has 0 aromatic rings. The molecule has 0 bridgehead atoms. The predicted molar refractivity (Wildman–Crippen MR) is 65.6 cm³/mol. The fourth-order valence-electron chi connectivity index (χ4n) is 2.15. The van der Waals surface area contributed by atoms with Crippen molar-refractivity contribution >= 4 is 11.8 Å². The number of hydrogen-bond donors (Lipinski definition) is 2. The van der Waals surface area contributed by atoms with Crippen LogP contribution in [0.1, 0.15) is 34.1 Å². The summed E-state index contributed by atoms with van der Waals surface area (Å²) in [6.07, 6.45) is 0.595. The summed E-state index contributed by atoms with van der Waals surface area (Å²) in [4.78, 5) is 25.2. The highest BCUT2D eigenvalue weighted by atomic mass is 16.2. The first-order valence-electron chi connectivity index (χ1n) is 6.06. The Labute approximate surface area is 103 Å². The van der Waals surface area contributed by atoms with E-state index < -0.39 is 5.41 Å². The highest BCUT2D eigenvalue weighted by Gasteiger charge is 2.37. The fourth-order valence-corrected chi connectivity index (χ4v) is 2.15. The zero-order chi connectivity index (χ0) is 13.2. The van der Waals surface area contributed by atoms with Crippen LogP contribution in [0.2, 0.25) is 0 Å². The molecule has 5 heteroatoms. The van der Waals surface area contributed by atoms with E-state index in [1.54, 1.807) is 18.7 Å². The van der Waals surface area contributed by atoms with Crippen molar-refractivity contribution in [2.45, 2.75) is 34.1 Å². The minimum atomic E-state index is -0.643. The molecule has 1 fully saturated rings. The van der Waals surface area contributed by atoms with Gasteiger partial charge in [-0.1, -0.05) is 13.8 Å².